The molecule has 23 heavy (non-hydrogen) atoms. The monoisotopic (exact) mass is 311 g/mol. The Bertz CT molecular complexity index is 851. The van der Waals surface area contributed by atoms with Gasteiger partial charge in [-0.25, -0.2) is 9.07 Å². The molecule has 7 heteroatoms. The smallest absolute Gasteiger partial charge is 0.274 e. The maximum atomic E-state index is 13.0. The second kappa shape index (κ2) is 5.35. The van der Waals surface area contributed by atoms with E-state index in [0.29, 0.717) is 24.5 Å². The number of carbonyl (C=O) groups excluding carboxylic acids is 1. The van der Waals surface area contributed by atoms with E-state index >= 15 is 0 Å². The molecule has 1 aromatic carbocycles. The van der Waals surface area contributed by atoms with Crippen molar-refractivity contribution < 1.29 is 9.18 Å². The number of fused-ring (bicyclic) bond motifs is 1. The molecule has 0 unspecified atom stereocenters. The summed E-state index contributed by atoms with van der Waals surface area (Å²) in [5, 5.41) is 11.3. The lowest BCUT2D eigenvalue weighted by Crippen LogP contribution is -2.36. The molecule has 4 rings (SSSR count). The highest BCUT2D eigenvalue weighted by atomic mass is 19.1. The van der Waals surface area contributed by atoms with Crippen molar-refractivity contribution >= 4 is 5.91 Å². The lowest BCUT2D eigenvalue weighted by atomic mass is 10.1. The maximum Gasteiger partial charge on any atom is 0.274 e. The van der Waals surface area contributed by atoms with Crippen LogP contribution >= 0.6 is 0 Å². The molecule has 6 nitrogen and oxygen atoms in total. The summed E-state index contributed by atoms with van der Waals surface area (Å²) in [4.78, 5) is 14.3. The average molecular weight is 311 g/mol. The molecule has 1 N–H and O–H groups in total. The number of benzene rings is 1. The molecule has 116 valence electrons. The van der Waals surface area contributed by atoms with Crippen molar-refractivity contribution in [3.05, 3.63) is 65.5 Å². The van der Waals surface area contributed by atoms with E-state index in [9.17, 15) is 9.18 Å². The summed E-state index contributed by atoms with van der Waals surface area (Å²) in [5.74, 6) is -0.417. The van der Waals surface area contributed by atoms with E-state index in [1.807, 2.05) is 0 Å². The van der Waals surface area contributed by atoms with E-state index in [4.69, 9.17) is 0 Å². The van der Waals surface area contributed by atoms with Crippen molar-refractivity contribution in [1.29, 1.82) is 0 Å². The van der Waals surface area contributed by atoms with Gasteiger partial charge in [0.05, 0.1) is 11.9 Å². The van der Waals surface area contributed by atoms with Gasteiger partial charge in [-0.1, -0.05) is 0 Å². The Balaban J connectivity index is 1.55. The molecular formula is C16H14FN5O. The van der Waals surface area contributed by atoms with Crippen LogP contribution in [-0.2, 0) is 13.0 Å². The predicted octanol–water partition coefficient (Wildman–Crippen LogP) is 1.93. The first-order chi connectivity index (χ1) is 11.2. The van der Waals surface area contributed by atoms with Crippen molar-refractivity contribution in [1.82, 2.24) is 24.9 Å². The minimum absolute atomic E-state index is 0.113. The van der Waals surface area contributed by atoms with E-state index in [2.05, 4.69) is 15.3 Å². The van der Waals surface area contributed by atoms with Crippen molar-refractivity contribution in [2.45, 2.75) is 13.0 Å². The average Bonchev–Trinajstić information content (AvgIpc) is 3.23. The van der Waals surface area contributed by atoms with Gasteiger partial charge < -0.3 is 4.90 Å². The molecule has 0 aliphatic carbocycles. The van der Waals surface area contributed by atoms with Gasteiger partial charge in [-0.05, 0) is 30.3 Å². The standard InChI is InChI=1S/C16H14FN5O/c17-12-1-3-13(4-2-12)22-8-6-15(20-22)16(23)21-7-5-14-11(10-21)9-18-19-14/h1-4,6,8-9H,5,7,10H2,(H,18,19). The highest BCUT2D eigenvalue weighted by Crippen LogP contribution is 2.18. The molecule has 0 fully saturated rings. The number of aromatic nitrogens is 4. The zero-order valence-corrected chi connectivity index (χ0v) is 12.2. The van der Waals surface area contributed by atoms with E-state index < -0.39 is 0 Å². The Hall–Kier alpha value is -2.96. The second-order valence-corrected chi connectivity index (χ2v) is 5.47. The normalized spacial score (nSPS) is 13.9. The SMILES string of the molecule is O=C(c1ccn(-c2ccc(F)cc2)n1)N1CCc2[nH]ncc2C1. The van der Waals surface area contributed by atoms with Gasteiger partial charge in [0.2, 0.25) is 0 Å². The molecule has 0 saturated carbocycles. The number of hydrogen-bond acceptors (Lipinski definition) is 3. The Morgan fingerprint density at radius 1 is 1.22 bits per heavy atom. The number of rotatable bonds is 2. The zero-order chi connectivity index (χ0) is 15.8. The van der Waals surface area contributed by atoms with Crippen LogP contribution in [0.15, 0.2) is 42.7 Å². The molecular weight excluding hydrogens is 297 g/mol. The summed E-state index contributed by atoms with van der Waals surface area (Å²) in [6, 6.07) is 7.65. The first-order valence-corrected chi connectivity index (χ1v) is 7.33. The third-order valence-electron chi connectivity index (χ3n) is 3.99. The number of aromatic amines is 1. The minimum Gasteiger partial charge on any atom is -0.332 e. The largest absolute Gasteiger partial charge is 0.332 e. The fraction of sp³-hybridized carbons (Fsp3) is 0.188. The molecule has 0 atom stereocenters. The Morgan fingerprint density at radius 2 is 2.04 bits per heavy atom. The van der Waals surface area contributed by atoms with Crippen LogP contribution < -0.4 is 0 Å². The number of hydrogen-bond donors (Lipinski definition) is 1. The molecule has 0 bridgehead atoms. The van der Waals surface area contributed by atoms with Crippen LogP contribution in [0.3, 0.4) is 0 Å². The fourth-order valence-electron chi connectivity index (χ4n) is 2.73. The second-order valence-electron chi connectivity index (χ2n) is 5.47. The molecule has 1 amide bonds. The number of amides is 1. The number of carbonyl (C=O) groups is 1. The van der Waals surface area contributed by atoms with Gasteiger partial charge in [0.25, 0.3) is 5.91 Å². The molecule has 3 aromatic rings. The van der Waals surface area contributed by atoms with Gasteiger partial charge in [0.15, 0.2) is 5.69 Å². The van der Waals surface area contributed by atoms with Crippen molar-refractivity contribution in [2.75, 3.05) is 6.54 Å². The van der Waals surface area contributed by atoms with Crippen LogP contribution in [0, 0.1) is 5.82 Å². The van der Waals surface area contributed by atoms with Gasteiger partial charge in [-0.15, -0.1) is 0 Å². The number of halogens is 1. The van der Waals surface area contributed by atoms with Crippen molar-refractivity contribution in [3.63, 3.8) is 0 Å². The lowest BCUT2D eigenvalue weighted by Gasteiger charge is -2.25. The fourth-order valence-corrected chi connectivity index (χ4v) is 2.73. The Morgan fingerprint density at radius 3 is 2.87 bits per heavy atom. The summed E-state index contributed by atoms with van der Waals surface area (Å²) in [6.45, 7) is 1.17. The van der Waals surface area contributed by atoms with Gasteiger partial charge in [0.1, 0.15) is 5.82 Å². The van der Waals surface area contributed by atoms with Gasteiger partial charge in [-0.3, -0.25) is 9.89 Å². The van der Waals surface area contributed by atoms with Crippen LogP contribution in [0.25, 0.3) is 5.69 Å². The van der Waals surface area contributed by atoms with E-state index in [-0.39, 0.29) is 11.7 Å². The van der Waals surface area contributed by atoms with Crippen LogP contribution in [0.1, 0.15) is 21.7 Å². The van der Waals surface area contributed by atoms with Crippen LogP contribution in [0.4, 0.5) is 4.39 Å². The molecule has 3 heterocycles. The third kappa shape index (κ3) is 2.50. The van der Waals surface area contributed by atoms with Crippen LogP contribution in [0.2, 0.25) is 0 Å². The molecule has 0 spiro atoms. The Kier molecular flexibility index (Phi) is 3.18. The number of nitrogens with one attached hydrogen (secondary N) is 1. The highest BCUT2D eigenvalue weighted by Gasteiger charge is 2.24. The number of nitrogens with zero attached hydrogens (tertiary/aromatic N) is 4. The topological polar surface area (TPSA) is 66.8 Å². The first kappa shape index (κ1) is 13.7. The van der Waals surface area contributed by atoms with Crippen molar-refractivity contribution in [2.24, 2.45) is 0 Å². The van der Waals surface area contributed by atoms with Gasteiger partial charge in [-0.2, -0.15) is 10.2 Å². The third-order valence-corrected chi connectivity index (χ3v) is 3.99. The molecule has 0 radical (unpaired) electrons. The maximum absolute atomic E-state index is 13.0. The van der Waals surface area contributed by atoms with E-state index in [0.717, 1.165) is 17.7 Å². The summed E-state index contributed by atoms with van der Waals surface area (Å²) in [7, 11) is 0. The predicted molar refractivity (Wildman–Crippen MR) is 80.6 cm³/mol. The Labute approximate surface area is 131 Å². The summed E-state index contributed by atoms with van der Waals surface area (Å²) >= 11 is 0. The minimum atomic E-state index is -0.304. The van der Waals surface area contributed by atoms with Gasteiger partial charge in [0, 0.05) is 37.0 Å². The first-order valence-electron chi connectivity index (χ1n) is 7.33. The van der Waals surface area contributed by atoms with Crippen LogP contribution in [-0.4, -0.2) is 37.3 Å². The number of H-pyrrole nitrogens is 1. The summed E-state index contributed by atoms with van der Waals surface area (Å²) < 4.78 is 14.5. The van der Waals surface area contributed by atoms with E-state index in [1.165, 1.54) is 12.1 Å². The van der Waals surface area contributed by atoms with E-state index in [1.54, 1.807) is 40.2 Å². The summed E-state index contributed by atoms with van der Waals surface area (Å²) in [5.41, 5.74) is 3.22. The molecule has 0 saturated heterocycles. The van der Waals surface area contributed by atoms with Gasteiger partial charge >= 0.3 is 0 Å². The zero-order valence-electron chi connectivity index (χ0n) is 12.2. The quantitative estimate of drug-likeness (QED) is 0.786. The molecule has 1 aliphatic heterocycles. The summed E-state index contributed by atoms with van der Waals surface area (Å²) in [6.07, 6.45) is 4.22. The highest BCUT2D eigenvalue weighted by molar-refractivity contribution is 5.92. The van der Waals surface area contributed by atoms with Crippen molar-refractivity contribution in [3.8, 4) is 5.69 Å². The molecule has 1 aliphatic rings. The van der Waals surface area contributed by atoms with Crippen LogP contribution in [0.5, 0.6) is 0 Å². The lowest BCUT2D eigenvalue weighted by molar-refractivity contribution is 0.0728. The molecule has 2 aromatic heterocycles.